The lowest BCUT2D eigenvalue weighted by Crippen LogP contribution is -2.34. The van der Waals surface area contributed by atoms with Crippen molar-refractivity contribution < 1.29 is 9.21 Å². The fraction of sp³-hybridized carbons (Fsp3) is 0.583. The molecule has 4 nitrogen and oxygen atoms in total. The van der Waals surface area contributed by atoms with Crippen molar-refractivity contribution in [3.8, 4) is 0 Å². The Kier molecular flexibility index (Phi) is 3.62. The average Bonchev–Trinajstić information content (AvgIpc) is 2.96. The number of furan rings is 1. The maximum absolute atomic E-state index is 11.9. The van der Waals surface area contributed by atoms with E-state index in [1.165, 1.54) is 0 Å². The summed E-state index contributed by atoms with van der Waals surface area (Å²) < 4.78 is 5.16. The highest BCUT2D eigenvalue weighted by Gasteiger charge is 2.31. The van der Waals surface area contributed by atoms with Crippen molar-refractivity contribution in [1.29, 1.82) is 0 Å². The zero-order valence-electron chi connectivity index (χ0n) is 9.32. The van der Waals surface area contributed by atoms with Crippen molar-refractivity contribution in [3.63, 3.8) is 0 Å². The van der Waals surface area contributed by atoms with Crippen LogP contribution in [0, 0.1) is 11.8 Å². The Labute approximate surface area is 95.2 Å². The molecule has 1 aromatic heterocycles. The van der Waals surface area contributed by atoms with Crippen molar-refractivity contribution >= 4 is 5.91 Å². The van der Waals surface area contributed by atoms with Gasteiger partial charge >= 0.3 is 0 Å². The normalized spacial score (nSPS) is 24.6. The van der Waals surface area contributed by atoms with Crippen LogP contribution >= 0.6 is 0 Å². The summed E-state index contributed by atoms with van der Waals surface area (Å²) in [5.41, 5.74) is 5.65. The number of carbonyl (C=O) groups is 1. The van der Waals surface area contributed by atoms with E-state index in [0.717, 1.165) is 25.0 Å². The Morgan fingerprint density at radius 3 is 3.12 bits per heavy atom. The molecule has 0 radical (unpaired) electrons. The lowest BCUT2D eigenvalue weighted by atomic mass is 9.95. The highest BCUT2D eigenvalue weighted by Crippen LogP contribution is 2.30. The first-order chi connectivity index (χ1) is 7.81. The Morgan fingerprint density at radius 2 is 2.44 bits per heavy atom. The van der Waals surface area contributed by atoms with Gasteiger partial charge in [-0.05, 0) is 37.4 Å². The van der Waals surface area contributed by atoms with Crippen LogP contribution in [0.5, 0.6) is 0 Å². The van der Waals surface area contributed by atoms with E-state index in [4.69, 9.17) is 10.2 Å². The lowest BCUT2D eigenvalue weighted by molar-refractivity contribution is -0.126. The number of nitrogens with two attached hydrogens (primary N) is 1. The fourth-order valence-electron chi connectivity index (χ4n) is 2.38. The molecule has 4 heteroatoms. The standard InChI is InChI=1S/C12H18N2O2/c13-7-9-3-1-5-11(9)12(15)14-8-10-4-2-6-16-10/h2,4,6,9,11H,1,3,5,7-8,13H2,(H,14,15)/t9-,11-/m1/s1. The molecule has 1 amide bonds. The van der Waals surface area contributed by atoms with Crippen molar-refractivity contribution in [1.82, 2.24) is 5.32 Å². The Morgan fingerprint density at radius 1 is 1.56 bits per heavy atom. The molecule has 0 spiro atoms. The van der Waals surface area contributed by atoms with Gasteiger partial charge in [0.2, 0.25) is 5.91 Å². The average molecular weight is 222 g/mol. The van der Waals surface area contributed by atoms with Crippen LogP contribution in [-0.4, -0.2) is 12.5 Å². The van der Waals surface area contributed by atoms with Gasteiger partial charge < -0.3 is 15.5 Å². The van der Waals surface area contributed by atoms with Gasteiger partial charge in [0, 0.05) is 5.92 Å². The lowest BCUT2D eigenvalue weighted by Gasteiger charge is -2.16. The fourth-order valence-corrected chi connectivity index (χ4v) is 2.38. The third kappa shape index (κ3) is 2.44. The molecule has 16 heavy (non-hydrogen) atoms. The number of carbonyl (C=O) groups excluding carboxylic acids is 1. The second-order valence-electron chi connectivity index (χ2n) is 4.33. The summed E-state index contributed by atoms with van der Waals surface area (Å²) in [6, 6.07) is 3.68. The van der Waals surface area contributed by atoms with Crippen LogP contribution in [0.15, 0.2) is 22.8 Å². The highest BCUT2D eigenvalue weighted by atomic mass is 16.3. The summed E-state index contributed by atoms with van der Waals surface area (Å²) >= 11 is 0. The van der Waals surface area contributed by atoms with Gasteiger partial charge in [-0.3, -0.25) is 4.79 Å². The molecule has 1 saturated carbocycles. The van der Waals surface area contributed by atoms with Crippen LogP contribution in [-0.2, 0) is 11.3 Å². The van der Waals surface area contributed by atoms with Crippen LogP contribution in [0.25, 0.3) is 0 Å². The summed E-state index contributed by atoms with van der Waals surface area (Å²) in [5.74, 6) is 1.36. The molecule has 0 aromatic carbocycles. The predicted molar refractivity (Wildman–Crippen MR) is 60.4 cm³/mol. The monoisotopic (exact) mass is 222 g/mol. The molecule has 0 aliphatic heterocycles. The van der Waals surface area contributed by atoms with Gasteiger partial charge in [0.25, 0.3) is 0 Å². The summed E-state index contributed by atoms with van der Waals surface area (Å²) in [6.07, 6.45) is 4.77. The van der Waals surface area contributed by atoms with Gasteiger partial charge in [-0.2, -0.15) is 0 Å². The van der Waals surface area contributed by atoms with Crippen molar-refractivity contribution in [2.45, 2.75) is 25.8 Å². The summed E-state index contributed by atoms with van der Waals surface area (Å²) in [5, 5.41) is 2.90. The summed E-state index contributed by atoms with van der Waals surface area (Å²) in [4.78, 5) is 11.9. The van der Waals surface area contributed by atoms with E-state index in [1.807, 2.05) is 12.1 Å². The minimum absolute atomic E-state index is 0.0972. The van der Waals surface area contributed by atoms with Gasteiger partial charge in [0.15, 0.2) is 0 Å². The third-order valence-electron chi connectivity index (χ3n) is 3.32. The van der Waals surface area contributed by atoms with E-state index in [1.54, 1.807) is 6.26 Å². The minimum atomic E-state index is 0.0972. The first kappa shape index (κ1) is 11.2. The molecule has 0 bridgehead atoms. The van der Waals surface area contributed by atoms with Gasteiger partial charge in [0.1, 0.15) is 5.76 Å². The number of rotatable bonds is 4. The molecule has 1 fully saturated rings. The molecular weight excluding hydrogens is 204 g/mol. The second kappa shape index (κ2) is 5.16. The van der Waals surface area contributed by atoms with Gasteiger partial charge in [-0.1, -0.05) is 6.42 Å². The quantitative estimate of drug-likeness (QED) is 0.806. The van der Waals surface area contributed by atoms with Crippen LogP contribution < -0.4 is 11.1 Å². The zero-order valence-corrected chi connectivity index (χ0v) is 9.32. The van der Waals surface area contributed by atoms with Gasteiger partial charge in [0.05, 0.1) is 12.8 Å². The number of nitrogens with one attached hydrogen (secondary N) is 1. The molecule has 88 valence electrons. The van der Waals surface area contributed by atoms with E-state index in [0.29, 0.717) is 19.0 Å². The number of hydrogen-bond donors (Lipinski definition) is 2. The first-order valence-corrected chi connectivity index (χ1v) is 5.81. The number of hydrogen-bond acceptors (Lipinski definition) is 3. The van der Waals surface area contributed by atoms with E-state index in [2.05, 4.69) is 5.32 Å². The van der Waals surface area contributed by atoms with Crippen LogP contribution in [0.2, 0.25) is 0 Å². The smallest absolute Gasteiger partial charge is 0.223 e. The SMILES string of the molecule is NC[C@H]1CCC[C@H]1C(=O)NCc1ccco1. The van der Waals surface area contributed by atoms with Gasteiger partial charge in [-0.25, -0.2) is 0 Å². The zero-order chi connectivity index (χ0) is 11.4. The minimum Gasteiger partial charge on any atom is -0.467 e. The van der Waals surface area contributed by atoms with E-state index in [-0.39, 0.29) is 11.8 Å². The maximum Gasteiger partial charge on any atom is 0.223 e. The summed E-state index contributed by atoms with van der Waals surface area (Å²) in [6.45, 7) is 1.08. The molecule has 1 aliphatic carbocycles. The maximum atomic E-state index is 11.9. The molecule has 1 aromatic rings. The topological polar surface area (TPSA) is 68.3 Å². The van der Waals surface area contributed by atoms with Crippen LogP contribution in [0.1, 0.15) is 25.0 Å². The molecule has 0 unspecified atom stereocenters. The summed E-state index contributed by atoms with van der Waals surface area (Å²) in [7, 11) is 0. The highest BCUT2D eigenvalue weighted by molar-refractivity contribution is 5.79. The molecule has 1 heterocycles. The molecular formula is C12H18N2O2. The third-order valence-corrected chi connectivity index (χ3v) is 3.32. The van der Waals surface area contributed by atoms with Crippen molar-refractivity contribution in [3.05, 3.63) is 24.2 Å². The van der Waals surface area contributed by atoms with Crippen molar-refractivity contribution in [2.24, 2.45) is 17.6 Å². The Bertz CT molecular complexity index is 335. The van der Waals surface area contributed by atoms with Crippen molar-refractivity contribution in [2.75, 3.05) is 6.54 Å². The van der Waals surface area contributed by atoms with E-state index >= 15 is 0 Å². The largest absolute Gasteiger partial charge is 0.467 e. The Hall–Kier alpha value is -1.29. The van der Waals surface area contributed by atoms with Gasteiger partial charge in [-0.15, -0.1) is 0 Å². The first-order valence-electron chi connectivity index (χ1n) is 5.81. The molecule has 3 N–H and O–H groups in total. The van der Waals surface area contributed by atoms with E-state index < -0.39 is 0 Å². The second-order valence-corrected chi connectivity index (χ2v) is 4.33. The number of amides is 1. The van der Waals surface area contributed by atoms with Crippen LogP contribution in [0.4, 0.5) is 0 Å². The predicted octanol–water partition coefficient (Wildman–Crippen LogP) is 1.27. The molecule has 2 atom stereocenters. The Balaban J connectivity index is 1.83. The molecule has 2 rings (SSSR count). The molecule has 0 saturated heterocycles. The van der Waals surface area contributed by atoms with E-state index in [9.17, 15) is 4.79 Å². The van der Waals surface area contributed by atoms with Crippen LogP contribution in [0.3, 0.4) is 0 Å². The molecule has 1 aliphatic rings.